The highest BCUT2D eigenvalue weighted by Gasteiger charge is 1.96. The van der Waals surface area contributed by atoms with Gasteiger partial charge in [-0.2, -0.15) is 10.5 Å². The first-order valence-electron chi connectivity index (χ1n) is 6.57. The molecule has 0 atom stereocenters. The topological polar surface area (TPSA) is 73.4 Å². The van der Waals surface area contributed by atoms with Crippen molar-refractivity contribution in [1.29, 1.82) is 10.5 Å². The number of benzene rings is 1. The Kier molecular flexibility index (Phi) is 5.38. The molecule has 0 fully saturated rings. The lowest BCUT2D eigenvalue weighted by Gasteiger charge is -1.96. The van der Waals surface area contributed by atoms with Crippen LogP contribution in [0.3, 0.4) is 0 Å². The van der Waals surface area contributed by atoms with Gasteiger partial charge in [0.15, 0.2) is 0 Å². The molecule has 4 heteroatoms. The Labute approximate surface area is 129 Å². The largest absolute Gasteiger partial charge is 0.255 e. The lowest BCUT2D eigenvalue weighted by molar-refractivity contribution is 1.25. The smallest absolute Gasteiger partial charge is 0.101 e. The fourth-order valence-electron chi connectivity index (χ4n) is 1.71. The first-order chi connectivity index (χ1) is 10.8. The molecule has 0 N–H and O–H groups in total. The molecular weight excluding hydrogens is 272 g/mol. The minimum absolute atomic E-state index is 0.435. The molecule has 0 aliphatic heterocycles. The summed E-state index contributed by atoms with van der Waals surface area (Å²) in [5.74, 6) is 0. The Morgan fingerprint density at radius 2 is 1.00 bits per heavy atom. The number of aromatic nitrogens is 2. The molecule has 0 saturated carbocycles. The SMILES string of the molecule is N#Cc1ccccc1C#N.c1ccc(-c2ccccn2)nc1. The zero-order valence-electron chi connectivity index (χ0n) is 11.7. The highest BCUT2D eigenvalue weighted by molar-refractivity contribution is 5.52. The summed E-state index contributed by atoms with van der Waals surface area (Å²) >= 11 is 0. The fourth-order valence-corrected chi connectivity index (χ4v) is 1.71. The van der Waals surface area contributed by atoms with Crippen molar-refractivity contribution in [2.45, 2.75) is 0 Å². The van der Waals surface area contributed by atoms with Crippen molar-refractivity contribution < 1.29 is 0 Å². The molecule has 0 unspecified atom stereocenters. The van der Waals surface area contributed by atoms with E-state index in [0.717, 1.165) is 11.4 Å². The third-order valence-corrected chi connectivity index (χ3v) is 2.76. The highest BCUT2D eigenvalue weighted by atomic mass is 14.7. The van der Waals surface area contributed by atoms with Gasteiger partial charge in [0.1, 0.15) is 12.1 Å². The first kappa shape index (κ1) is 14.9. The average molecular weight is 284 g/mol. The summed E-state index contributed by atoms with van der Waals surface area (Å²) in [6.07, 6.45) is 3.54. The number of hydrogen-bond donors (Lipinski definition) is 0. The van der Waals surface area contributed by atoms with E-state index in [9.17, 15) is 0 Å². The number of nitrogens with zero attached hydrogens (tertiary/aromatic N) is 4. The minimum atomic E-state index is 0.435. The molecule has 0 radical (unpaired) electrons. The monoisotopic (exact) mass is 284 g/mol. The van der Waals surface area contributed by atoms with Gasteiger partial charge in [0, 0.05) is 12.4 Å². The molecule has 0 bridgehead atoms. The van der Waals surface area contributed by atoms with Crippen LogP contribution in [0.4, 0.5) is 0 Å². The first-order valence-corrected chi connectivity index (χ1v) is 6.57. The van der Waals surface area contributed by atoms with E-state index in [1.807, 2.05) is 48.5 Å². The second-order valence-corrected chi connectivity index (χ2v) is 4.20. The van der Waals surface area contributed by atoms with Gasteiger partial charge < -0.3 is 0 Å². The van der Waals surface area contributed by atoms with Gasteiger partial charge >= 0.3 is 0 Å². The Balaban J connectivity index is 0.000000164. The zero-order valence-corrected chi connectivity index (χ0v) is 11.7. The summed E-state index contributed by atoms with van der Waals surface area (Å²) < 4.78 is 0. The molecule has 22 heavy (non-hydrogen) atoms. The predicted octanol–water partition coefficient (Wildman–Crippen LogP) is 3.57. The van der Waals surface area contributed by atoms with E-state index in [1.54, 1.807) is 36.7 Å². The summed E-state index contributed by atoms with van der Waals surface area (Å²) in [6.45, 7) is 0. The summed E-state index contributed by atoms with van der Waals surface area (Å²) in [7, 11) is 0. The Morgan fingerprint density at radius 1 is 0.591 bits per heavy atom. The molecule has 1 aromatic carbocycles. The number of rotatable bonds is 1. The Morgan fingerprint density at radius 3 is 1.32 bits per heavy atom. The second kappa shape index (κ2) is 7.94. The van der Waals surface area contributed by atoms with E-state index in [0.29, 0.717) is 11.1 Å². The van der Waals surface area contributed by atoms with Crippen LogP contribution in [-0.4, -0.2) is 9.97 Å². The van der Waals surface area contributed by atoms with Crippen molar-refractivity contribution in [3.8, 4) is 23.5 Å². The molecule has 0 spiro atoms. The highest BCUT2D eigenvalue weighted by Crippen LogP contribution is 2.10. The van der Waals surface area contributed by atoms with Crippen LogP contribution < -0.4 is 0 Å². The molecule has 0 saturated heterocycles. The summed E-state index contributed by atoms with van der Waals surface area (Å²) in [6, 6.07) is 22.2. The number of nitriles is 2. The molecule has 4 nitrogen and oxygen atoms in total. The molecular formula is C18H12N4. The normalized spacial score (nSPS) is 8.82. The lowest BCUT2D eigenvalue weighted by Crippen LogP contribution is -1.83. The van der Waals surface area contributed by atoms with Gasteiger partial charge in [-0.15, -0.1) is 0 Å². The Hall–Kier alpha value is -3.50. The molecule has 3 aromatic rings. The standard InChI is InChI=1S/C10H8N2.C8H4N2/c1-3-7-11-9(5-1)10-6-2-4-8-12-10;9-5-7-3-1-2-4-8(7)6-10/h1-8H;1-4H. The van der Waals surface area contributed by atoms with Crippen LogP contribution in [0.1, 0.15) is 11.1 Å². The third-order valence-electron chi connectivity index (χ3n) is 2.76. The van der Waals surface area contributed by atoms with Crippen LogP contribution in [0.25, 0.3) is 11.4 Å². The van der Waals surface area contributed by atoms with Gasteiger partial charge in [0.2, 0.25) is 0 Å². The van der Waals surface area contributed by atoms with Crippen molar-refractivity contribution in [1.82, 2.24) is 9.97 Å². The van der Waals surface area contributed by atoms with Crippen LogP contribution in [0.15, 0.2) is 73.1 Å². The lowest BCUT2D eigenvalue weighted by atomic mass is 10.1. The van der Waals surface area contributed by atoms with Gasteiger partial charge in [-0.3, -0.25) is 9.97 Å². The maximum absolute atomic E-state index is 8.45. The van der Waals surface area contributed by atoms with Crippen LogP contribution in [-0.2, 0) is 0 Å². The van der Waals surface area contributed by atoms with Gasteiger partial charge in [-0.05, 0) is 36.4 Å². The van der Waals surface area contributed by atoms with Gasteiger partial charge in [-0.25, -0.2) is 0 Å². The Bertz CT molecular complexity index is 729. The summed E-state index contributed by atoms with van der Waals surface area (Å²) in [4.78, 5) is 8.37. The van der Waals surface area contributed by atoms with E-state index in [2.05, 4.69) is 9.97 Å². The molecule has 2 heterocycles. The van der Waals surface area contributed by atoms with E-state index in [4.69, 9.17) is 10.5 Å². The van der Waals surface area contributed by atoms with Crippen molar-refractivity contribution in [2.24, 2.45) is 0 Å². The molecule has 0 aliphatic carbocycles. The van der Waals surface area contributed by atoms with Crippen LogP contribution in [0.5, 0.6) is 0 Å². The van der Waals surface area contributed by atoms with Crippen molar-refractivity contribution in [3.63, 3.8) is 0 Å². The van der Waals surface area contributed by atoms with Crippen molar-refractivity contribution >= 4 is 0 Å². The van der Waals surface area contributed by atoms with Crippen LogP contribution in [0.2, 0.25) is 0 Å². The second-order valence-electron chi connectivity index (χ2n) is 4.20. The maximum Gasteiger partial charge on any atom is 0.101 e. The average Bonchev–Trinajstić information content (AvgIpc) is 2.63. The fraction of sp³-hybridized carbons (Fsp3) is 0. The number of pyridine rings is 2. The van der Waals surface area contributed by atoms with Crippen molar-refractivity contribution in [3.05, 3.63) is 84.2 Å². The molecule has 2 aromatic heterocycles. The van der Waals surface area contributed by atoms with E-state index in [-0.39, 0.29) is 0 Å². The van der Waals surface area contributed by atoms with Crippen LogP contribution in [0, 0.1) is 22.7 Å². The quantitative estimate of drug-likeness (QED) is 0.684. The van der Waals surface area contributed by atoms with Crippen LogP contribution >= 0.6 is 0 Å². The van der Waals surface area contributed by atoms with E-state index in [1.165, 1.54) is 0 Å². The summed E-state index contributed by atoms with van der Waals surface area (Å²) in [5.41, 5.74) is 2.70. The van der Waals surface area contributed by atoms with Gasteiger partial charge in [0.25, 0.3) is 0 Å². The van der Waals surface area contributed by atoms with E-state index >= 15 is 0 Å². The van der Waals surface area contributed by atoms with E-state index < -0.39 is 0 Å². The molecule has 0 aliphatic rings. The van der Waals surface area contributed by atoms with Gasteiger partial charge in [0.05, 0.1) is 22.5 Å². The van der Waals surface area contributed by atoms with Gasteiger partial charge in [-0.1, -0.05) is 24.3 Å². The third kappa shape index (κ3) is 4.00. The molecule has 3 rings (SSSR count). The predicted molar refractivity (Wildman–Crippen MR) is 83.3 cm³/mol. The summed E-state index contributed by atoms with van der Waals surface area (Å²) in [5, 5.41) is 16.9. The minimum Gasteiger partial charge on any atom is -0.255 e. The maximum atomic E-state index is 8.45. The number of hydrogen-bond acceptors (Lipinski definition) is 4. The molecule has 0 amide bonds. The van der Waals surface area contributed by atoms with Crippen molar-refractivity contribution in [2.75, 3.05) is 0 Å². The molecule has 104 valence electrons. The zero-order chi connectivity index (χ0) is 15.6.